The first-order valence-electron chi connectivity index (χ1n) is 6.01. The number of carbonyl (C=O) groups excluding carboxylic acids is 1. The molecule has 0 saturated heterocycles. The molecule has 0 aliphatic carbocycles. The summed E-state index contributed by atoms with van der Waals surface area (Å²) in [5.74, 6) is 0. The fourth-order valence-corrected chi connectivity index (χ4v) is 1.39. The summed E-state index contributed by atoms with van der Waals surface area (Å²) in [7, 11) is 1.56. The minimum atomic E-state index is -0.561. The van der Waals surface area contributed by atoms with Crippen molar-refractivity contribution in [2.24, 2.45) is 0 Å². The van der Waals surface area contributed by atoms with E-state index in [9.17, 15) is 9.59 Å². The lowest BCUT2D eigenvalue weighted by atomic mass is 10.2. The molecule has 1 N–H and O–H groups in total. The van der Waals surface area contributed by atoms with E-state index < -0.39 is 11.7 Å². The quantitative estimate of drug-likeness (QED) is 0.904. The Labute approximate surface area is 112 Å². The molecule has 0 saturated carbocycles. The van der Waals surface area contributed by atoms with Gasteiger partial charge in [-0.1, -0.05) is 0 Å². The standard InChI is InChI=1S/C13H20N2O4/c1-13(2,3)19-12(17)14-10-5-6-11(16)15(9-10)7-8-18-4/h5-6,9H,7-8H2,1-4H3,(H,14,17). The molecule has 0 radical (unpaired) electrons. The molecule has 1 aromatic heterocycles. The highest BCUT2D eigenvalue weighted by molar-refractivity contribution is 5.84. The van der Waals surface area contributed by atoms with Crippen LogP contribution in [0.4, 0.5) is 10.5 Å². The molecule has 6 nitrogen and oxygen atoms in total. The van der Waals surface area contributed by atoms with Gasteiger partial charge in [-0.3, -0.25) is 10.1 Å². The Morgan fingerprint density at radius 3 is 2.63 bits per heavy atom. The second-order valence-electron chi connectivity index (χ2n) is 5.07. The lowest BCUT2D eigenvalue weighted by Gasteiger charge is -2.19. The molecule has 6 heteroatoms. The molecule has 19 heavy (non-hydrogen) atoms. The van der Waals surface area contributed by atoms with E-state index in [4.69, 9.17) is 9.47 Å². The van der Waals surface area contributed by atoms with Crippen molar-refractivity contribution in [1.29, 1.82) is 0 Å². The lowest BCUT2D eigenvalue weighted by molar-refractivity contribution is 0.0636. The summed E-state index contributed by atoms with van der Waals surface area (Å²) in [4.78, 5) is 23.1. The van der Waals surface area contributed by atoms with E-state index >= 15 is 0 Å². The number of methoxy groups -OCH3 is 1. The first-order valence-corrected chi connectivity index (χ1v) is 6.01. The molecule has 1 heterocycles. The van der Waals surface area contributed by atoms with Gasteiger partial charge < -0.3 is 14.0 Å². The Balaban J connectivity index is 2.74. The molecule has 106 valence electrons. The van der Waals surface area contributed by atoms with Crippen LogP contribution in [0.3, 0.4) is 0 Å². The Morgan fingerprint density at radius 1 is 1.37 bits per heavy atom. The van der Waals surface area contributed by atoms with E-state index in [1.54, 1.807) is 34.1 Å². The summed E-state index contributed by atoms with van der Waals surface area (Å²) in [5, 5.41) is 2.58. The third-order valence-corrected chi connectivity index (χ3v) is 2.17. The van der Waals surface area contributed by atoms with Crippen molar-refractivity contribution in [3.05, 3.63) is 28.7 Å². The molecular weight excluding hydrogens is 248 g/mol. The number of nitrogens with zero attached hydrogens (tertiary/aromatic N) is 1. The van der Waals surface area contributed by atoms with Crippen LogP contribution in [0, 0.1) is 0 Å². The highest BCUT2D eigenvalue weighted by atomic mass is 16.6. The maximum Gasteiger partial charge on any atom is 0.412 e. The fraction of sp³-hybridized carbons (Fsp3) is 0.538. The molecule has 0 unspecified atom stereocenters. The molecule has 0 bridgehead atoms. The van der Waals surface area contributed by atoms with E-state index in [1.165, 1.54) is 16.7 Å². The number of anilines is 1. The van der Waals surface area contributed by atoms with Crippen molar-refractivity contribution in [2.75, 3.05) is 19.0 Å². The van der Waals surface area contributed by atoms with Gasteiger partial charge in [-0.2, -0.15) is 0 Å². The molecular formula is C13H20N2O4. The average Bonchev–Trinajstić information content (AvgIpc) is 2.27. The van der Waals surface area contributed by atoms with Crippen LogP contribution in [-0.4, -0.2) is 30.0 Å². The van der Waals surface area contributed by atoms with Gasteiger partial charge in [0.2, 0.25) is 0 Å². The van der Waals surface area contributed by atoms with Crippen LogP contribution in [0.15, 0.2) is 23.1 Å². The Kier molecular flexibility index (Phi) is 5.11. The van der Waals surface area contributed by atoms with Crippen molar-refractivity contribution in [3.63, 3.8) is 0 Å². The van der Waals surface area contributed by atoms with E-state index in [1.807, 2.05) is 0 Å². The molecule has 0 aliphatic heterocycles. The Bertz CT molecular complexity index is 488. The topological polar surface area (TPSA) is 69.6 Å². The second-order valence-corrected chi connectivity index (χ2v) is 5.07. The molecule has 0 aliphatic rings. The Hall–Kier alpha value is -1.82. The summed E-state index contributed by atoms with van der Waals surface area (Å²) in [6.45, 7) is 6.21. The van der Waals surface area contributed by atoms with Crippen molar-refractivity contribution in [1.82, 2.24) is 4.57 Å². The minimum absolute atomic E-state index is 0.146. The van der Waals surface area contributed by atoms with Crippen LogP contribution >= 0.6 is 0 Å². The molecule has 0 spiro atoms. The van der Waals surface area contributed by atoms with Gasteiger partial charge in [0.25, 0.3) is 5.56 Å². The van der Waals surface area contributed by atoms with Crippen LogP contribution in [0.25, 0.3) is 0 Å². The number of ether oxygens (including phenoxy) is 2. The van der Waals surface area contributed by atoms with Crippen LogP contribution in [0.5, 0.6) is 0 Å². The number of pyridine rings is 1. The van der Waals surface area contributed by atoms with Crippen molar-refractivity contribution >= 4 is 11.8 Å². The van der Waals surface area contributed by atoms with Gasteiger partial charge in [0.1, 0.15) is 5.60 Å². The SMILES string of the molecule is COCCn1cc(NC(=O)OC(C)(C)C)ccc1=O. The predicted molar refractivity (Wildman–Crippen MR) is 72.4 cm³/mol. The molecule has 1 rings (SSSR count). The summed E-state index contributed by atoms with van der Waals surface area (Å²) < 4.78 is 11.5. The molecule has 0 fully saturated rings. The lowest BCUT2D eigenvalue weighted by Crippen LogP contribution is -2.28. The monoisotopic (exact) mass is 268 g/mol. The largest absolute Gasteiger partial charge is 0.444 e. The molecule has 0 atom stereocenters. The molecule has 1 amide bonds. The van der Waals surface area contributed by atoms with Crippen LogP contribution in [0.1, 0.15) is 20.8 Å². The van der Waals surface area contributed by atoms with Crippen molar-refractivity contribution in [3.8, 4) is 0 Å². The second kappa shape index (κ2) is 6.38. The number of carbonyl (C=O) groups is 1. The van der Waals surface area contributed by atoms with Gasteiger partial charge in [-0.15, -0.1) is 0 Å². The van der Waals surface area contributed by atoms with Gasteiger partial charge in [0.15, 0.2) is 0 Å². The van der Waals surface area contributed by atoms with E-state index in [0.717, 1.165) is 0 Å². The number of hydrogen-bond acceptors (Lipinski definition) is 4. The maximum absolute atomic E-state index is 11.6. The highest BCUT2D eigenvalue weighted by Gasteiger charge is 2.16. The van der Waals surface area contributed by atoms with Crippen LogP contribution < -0.4 is 10.9 Å². The smallest absolute Gasteiger partial charge is 0.412 e. The minimum Gasteiger partial charge on any atom is -0.444 e. The number of rotatable bonds is 4. The summed E-state index contributed by atoms with van der Waals surface area (Å²) in [5.41, 5.74) is -0.203. The number of amides is 1. The average molecular weight is 268 g/mol. The van der Waals surface area contributed by atoms with Crippen molar-refractivity contribution in [2.45, 2.75) is 32.9 Å². The number of hydrogen-bond donors (Lipinski definition) is 1. The molecule has 1 aromatic rings. The van der Waals surface area contributed by atoms with Crippen LogP contribution in [0.2, 0.25) is 0 Å². The van der Waals surface area contributed by atoms with Gasteiger partial charge in [0, 0.05) is 25.9 Å². The van der Waals surface area contributed by atoms with E-state index in [-0.39, 0.29) is 5.56 Å². The summed E-state index contributed by atoms with van der Waals surface area (Å²) in [6, 6.07) is 2.93. The first kappa shape index (κ1) is 15.2. The zero-order valence-electron chi connectivity index (χ0n) is 11.7. The normalized spacial score (nSPS) is 11.2. The Morgan fingerprint density at radius 2 is 2.05 bits per heavy atom. The summed E-state index contributed by atoms with van der Waals surface area (Å²) >= 11 is 0. The molecule has 0 aromatic carbocycles. The van der Waals surface area contributed by atoms with Gasteiger partial charge in [0.05, 0.1) is 12.3 Å². The predicted octanol–water partition coefficient (Wildman–Crippen LogP) is 1.84. The highest BCUT2D eigenvalue weighted by Crippen LogP contribution is 2.10. The van der Waals surface area contributed by atoms with E-state index in [2.05, 4.69) is 5.32 Å². The number of aromatic nitrogens is 1. The third kappa shape index (κ3) is 5.56. The summed E-state index contributed by atoms with van der Waals surface area (Å²) in [6.07, 6.45) is 1.01. The van der Waals surface area contributed by atoms with E-state index in [0.29, 0.717) is 18.8 Å². The zero-order chi connectivity index (χ0) is 14.5. The zero-order valence-corrected chi connectivity index (χ0v) is 11.7. The van der Waals surface area contributed by atoms with Crippen molar-refractivity contribution < 1.29 is 14.3 Å². The maximum atomic E-state index is 11.6. The van der Waals surface area contributed by atoms with Gasteiger partial charge in [-0.05, 0) is 26.8 Å². The third-order valence-electron chi connectivity index (χ3n) is 2.17. The van der Waals surface area contributed by atoms with Crippen LogP contribution in [-0.2, 0) is 16.0 Å². The van der Waals surface area contributed by atoms with Gasteiger partial charge in [-0.25, -0.2) is 4.79 Å². The van der Waals surface area contributed by atoms with Gasteiger partial charge >= 0.3 is 6.09 Å². The first-order chi connectivity index (χ1) is 8.81. The number of nitrogens with one attached hydrogen (secondary N) is 1. The fourth-order valence-electron chi connectivity index (χ4n) is 1.39.